The maximum Gasteiger partial charge on any atom is 0.247 e. The second-order valence-corrected chi connectivity index (χ2v) is 8.37. The minimum atomic E-state index is -3.68. The highest BCUT2D eigenvalue weighted by Gasteiger charge is 2.39. The quantitative estimate of drug-likeness (QED) is 0.714. The molecule has 0 saturated carbocycles. The maximum absolute atomic E-state index is 13.3. The molecular formula is C20H17ClN2O2S. The SMILES string of the molecule is O=S1(=O)c2ccccc2N[C@@H](c2ccccc2Cl)N1Cc1ccccc1. The van der Waals surface area contributed by atoms with Crippen molar-refractivity contribution >= 4 is 27.3 Å². The van der Waals surface area contributed by atoms with Crippen molar-refractivity contribution in [3.05, 3.63) is 95.0 Å². The van der Waals surface area contributed by atoms with Gasteiger partial charge in [0.25, 0.3) is 0 Å². The molecule has 0 amide bonds. The molecule has 0 fully saturated rings. The van der Waals surface area contributed by atoms with Crippen LogP contribution in [0.3, 0.4) is 0 Å². The molecular weight excluding hydrogens is 368 g/mol. The number of hydrogen-bond acceptors (Lipinski definition) is 3. The highest BCUT2D eigenvalue weighted by Crippen LogP contribution is 2.40. The Labute approximate surface area is 158 Å². The van der Waals surface area contributed by atoms with Crippen LogP contribution < -0.4 is 5.32 Å². The van der Waals surface area contributed by atoms with Gasteiger partial charge in [-0.05, 0) is 23.8 Å². The summed E-state index contributed by atoms with van der Waals surface area (Å²) < 4.78 is 28.2. The third-order valence-electron chi connectivity index (χ3n) is 4.43. The van der Waals surface area contributed by atoms with Crippen LogP contribution in [0.2, 0.25) is 5.02 Å². The summed E-state index contributed by atoms with van der Waals surface area (Å²) in [4.78, 5) is 0.277. The van der Waals surface area contributed by atoms with E-state index in [0.29, 0.717) is 10.7 Å². The highest BCUT2D eigenvalue weighted by molar-refractivity contribution is 7.89. The average molecular weight is 385 g/mol. The third-order valence-corrected chi connectivity index (χ3v) is 6.65. The monoisotopic (exact) mass is 384 g/mol. The van der Waals surface area contributed by atoms with Gasteiger partial charge in [0.2, 0.25) is 10.0 Å². The number of nitrogens with zero attached hydrogens (tertiary/aromatic N) is 1. The van der Waals surface area contributed by atoms with Crippen LogP contribution in [0.4, 0.5) is 5.69 Å². The molecule has 0 aliphatic carbocycles. The van der Waals surface area contributed by atoms with E-state index in [1.165, 1.54) is 4.31 Å². The summed E-state index contributed by atoms with van der Waals surface area (Å²) in [5, 5.41) is 3.87. The van der Waals surface area contributed by atoms with Gasteiger partial charge in [-0.25, -0.2) is 8.42 Å². The molecule has 3 aromatic carbocycles. The van der Waals surface area contributed by atoms with Crippen molar-refractivity contribution in [1.82, 2.24) is 4.31 Å². The molecule has 6 heteroatoms. The average Bonchev–Trinajstić information content (AvgIpc) is 2.65. The van der Waals surface area contributed by atoms with Crippen LogP contribution in [0.1, 0.15) is 17.3 Å². The zero-order valence-electron chi connectivity index (χ0n) is 13.8. The standard InChI is InChI=1S/C20H17ClN2O2S/c21-17-11-5-4-10-16(17)20-22-18-12-6-7-13-19(18)26(24,25)23(20)14-15-8-2-1-3-9-15/h1-13,20,22H,14H2/t20-/m1/s1. The number of rotatable bonds is 3. The van der Waals surface area contributed by atoms with Crippen molar-refractivity contribution < 1.29 is 8.42 Å². The van der Waals surface area contributed by atoms with Gasteiger partial charge in [0, 0.05) is 17.1 Å². The lowest BCUT2D eigenvalue weighted by molar-refractivity contribution is 0.336. The Hall–Kier alpha value is -2.34. The van der Waals surface area contributed by atoms with Crippen molar-refractivity contribution in [2.45, 2.75) is 17.6 Å². The van der Waals surface area contributed by atoms with Crippen molar-refractivity contribution in [1.29, 1.82) is 0 Å². The number of sulfonamides is 1. The second kappa shape index (κ2) is 6.76. The summed E-state index contributed by atoms with van der Waals surface area (Å²) in [6, 6.07) is 23.8. The molecule has 132 valence electrons. The summed E-state index contributed by atoms with van der Waals surface area (Å²) in [6.45, 7) is 0.250. The predicted octanol–water partition coefficient (Wildman–Crippen LogP) is 4.66. The Morgan fingerprint density at radius 3 is 2.31 bits per heavy atom. The first-order valence-electron chi connectivity index (χ1n) is 8.23. The highest BCUT2D eigenvalue weighted by atomic mass is 35.5. The van der Waals surface area contributed by atoms with Crippen LogP contribution in [0.5, 0.6) is 0 Å². The van der Waals surface area contributed by atoms with Crippen LogP contribution in [-0.2, 0) is 16.6 Å². The van der Waals surface area contributed by atoms with Crippen molar-refractivity contribution in [2.75, 3.05) is 5.32 Å². The normalized spacial score (nSPS) is 18.7. The minimum absolute atomic E-state index is 0.250. The molecule has 1 aliphatic heterocycles. The lowest BCUT2D eigenvalue weighted by Gasteiger charge is -2.37. The van der Waals surface area contributed by atoms with E-state index in [1.54, 1.807) is 24.3 Å². The van der Waals surface area contributed by atoms with E-state index in [1.807, 2.05) is 54.6 Å². The molecule has 0 bridgehead atoms. The van der Waals surface area contributed by atoms with E-state index >= 15 is 0 Å². The molecule has 0 aromatic heterocycles. The van der Waals surface area contributed by atoms with Crippen molar-refractivity contribution in [3.63, 3.8) is 0 Å². The lowest BCUT2D eigenvalue weighted by atomic mass is 10.1. The molecule has 0 unspecified atom stereocenters. The first kappa shape index (κ1) is 17.1. The molecule has 1 atom stereocenters. The number of anilines is 1. The van der Waals surface area contributed by atoms with Crippen LogP contribution in [-0.4, -0.2) is 12.7 Å². The van der Waals surface area contributed by atoms with Gasteiger partial charge in [0.1, 0.15) is 11.1 Å². The Kier molecular flexibility index (Phi) is 4.44. The van der Waals surface area contributed by atoms with Crippen LogP contribution >= 0.6 is 11.6 Å². The first-order chi connectivity index (χ1) is 12.6. The fourth-order valence-electron chi connectivity index (χ4n) is 3.16. The molecule has 1 aliphatic rings. The molecule has 26 heavy (non-hydrogen) atoms. The van der Waals surface area contributed by atoms with Gasteiger partial charge in [-0.3, -0.25) is 0 Å². The third kappa shape index (κ3) is 2.98. The molecule has 3 aromatic rings. The smallest absolute Gasteiger partial charge is 0.247 e. The van der Waals surface area contributed by atoms with Gasteiger partial charge in [-0.2, -0.15) is 4.31 Å². The fourth-order valence-corrected chi connectivity index (χ4v) is 5.07. The molecule has 4 rings (SSSR count). The van der Waals surface area contributed by atoms with Crippen LogP contribution in [0, 0.1) is 0 Å². The van der Waals surface area contributed by atoms with Gasteiger partial charge in [-0.15, -0.1) is 0 Å². The topological polar surface area (TPSA) is 49.4 Å². The molecule has 0 spiro atoms. The van der Waals surface area contributed by atoms with Gasteiger partial charge in [-0.1, -0.05) is 72.3 Å². The summed E-state index contributed by atoms with van der Waals surface area (Å²) in [5.41, 5.74) is 2.22. The van der Waals surface area contributed by atoms with E-state index in [2.05, 4.69) is 5.32 Å². The van der Waals surface area contributed by atoms with E-state index in [9.17, 15) is 8.42 Å². The molecule has 0 radical (unpaired) electrons. The Bertz CT molecular complexity index is 1040. The molecule has 0 saturated heterocycles. The Morgan fingerprint density at radius 1 is 0.885 bits per heavy atom. The maximum atomic E-state index is 13.3. The zero-order valence-corrected chi connectivity index (χ0v) is 15.4. The van der Waals surface area contributed by atoms with E-state index in [0.717, 1.165) is 11.1 Å². The first-order valence-corrected chi connectivity index (χ1v) is 10.0. The molecule has 4 nitrogen and oxygen atoms in total. The predicted molar refractivity (Wildman–Crippen MR) is 103 cm³/mol. The number of benzene rings is 3. The zero-order chi connectivity index (χ0) is 18.1. The Morgan fingerprint density at radius 2 is 1.54 bits per heavy atom. The van der Waals surface area contributed by atoms with E-state index in [4.69, 9.17) is 11.6 Å². The number of hydrogen-bond donors (Lipinski definition) is 1. The molecule has 1 N–H and O–H groups in total. The number of halogens is 1. The van der Waals surface area contributed by atoms with Crippen LogP contribution in [0.15, 0.2) is 83.8 Å². The molecule has 1 heterocycles. The summed E-state index contributed by atoms with van der Waals surface area (Å²) in [7, 11) is -3.68. The van der Waals surface area contributed by atoms with Crippen LogP contribution in [0.25, 0.3) is 0 Å². The second-order valence-electron chi connectivity index (χ2n) is 6.10. The Balaban J connectivity index is 1.86. The summed E-state index contributed by atoms with van der Waals surface area (Å²) in [5.74, 6) is 0. The van der Waals surface area contributed by atoms with Crippen molar-refractivity contribution in [2.24, 2.45) is 0 Å². The van der Waals surface area contributed by atoms with Gasteiger partial charge >= 0.3 is 0 Å². The van der Waals surface area contributed by atoms with Gasteiger partial charge < -0.3 is 5.32 Å². The number of nitrogens with one attached hydrogen (secondary N) is 1. The summed E-state index contributed by atoms with van der Waals surface area (Å²) >= 11 is 6.38. The fraction of sp³-hybridized carbons (Fsp3) is 0.100. The number of fused-ring (bicyclic) bond motifs is 1. The van der Waals surface area contributed by atoms with Gasteiger partial charge in [0.15, 0.2) is 0 Å². The summed E-state index contributed by atoms with van der Waals surface area (Å²) in [6.07, 6.45) is -0.580. The van der Waals surface area contributed by atoms with E-state index in [-0.39, 0.29) is 11.4 Å². The number of para-hydroxylation sites is 1. The largest absolute Gasteiger partial charge is 0.364 e. The van der Waals surface area contributed by atoms with Gasteiger partial charge in [0.05, 0.1) is 5.69 Å². The lowest BCUT2D eigenvalue weighted by Crippen LogP contribution is -2.42. The van der Waals surface area contributed by atoms with E-state index < -0.39 is 16.2 Å². The van der Waals surface area contributed by atoms with Crippen molar-refractivity contribution in [3.8, 4) is 0 Å². The minimum Gasteiger partial charge on any atom is -0.364 e.